The van der Waals surface area contributed by atoms with Gasteiger partial charge in [-0.1, -0.05) is 20.8 Å². The van der Waals surface area contributed by atoms with Crippen molar-refractivity contribution in [3.63, 3.8) is 0 Å². The average molecular weight is 345 g/mol. The van der Waals surface area contributed by atoms with Gasteiger partial charge in [-0.25, -0.2) is 0 Å². The maximum absolute atomic E-state index is 3.75. The fourth-order valence-electron chi connectivity index (χ4n) is 2.81. The second-order valence-corrected chi connectivity index (χ2v) is 8.76. The quantitative estimate of drug-likeness (QED) is 0.884. The molecule has 0 spiro atoms. The molecule has 1 aromatic heterocycles. The van der Waals surface area contributed by atoms with Gasteiger partial charge in [-0.05, 0) is 47.3 Å². The Balaban J connectivity index is 2.11. The van der Waals surface area contributed by atoms with Crippen molar-refractivity contribution in [3.8, 4) is 0 Å². The van der Waals surface area contributed by atoms with Gasteiger partial charge in [0.1, 0.15) is 0 Å². The first-order chi connectivity index (χ1) is 8.93. The van der Waals surface area contributed by atoms with Crippen molar-refractivity contribution in [1.29, 1.82) is 0 Å². The van der Waals surface area contributed by atoms with Crippen LogP contribution in [0.2, 0.25) is 0 Å². The Kier molecular flexibility index (Phi) is 5.09. The largest absolute Gasteiger partial charge is 0.309 e. The standard InChI is InChI=1S/C15H25BrN2S/c1-5-15(4)10-18(13(8-17-15)11(2)3)9-12-6-7-14(16)19-12/h6-7,11,13,17H,5,8-10H2,1-4H3. The summed E-state index contributed by atoms with van der Waals surface area (Å²) in [5, 5.41) is 3.75. The third-order valence-corrected chi connectivity index (χ3v) is 5.91. The van der Waals surface area contributed by atoms with Crippen molar-refractivity contribution in [2.24, 2.45) is 5.92 Å². The predicted molar refractivity (Wildman–Crippen MR) is 87.8 cm³/mol. The maximum atomic E-state index is 3.75. The van der Waals surface area contributed by atoms with Gasteiger partial charge < -0.3 is 5.32 Å². The molecule has 0 aromatic carbocycles. The first-order valence-corrected chi connectivity index (χ1v) is 8.78. The predicted octanol–water partition coefficient (Wildman–Crippen LogP) is 4.11. The zero-order valence-corrected chi connectivity index (χ0v) is 14.8. The van der Waals surface area contributed by atoms with Gasteiger partial charge in [-0.2, -0.15) is 0 Å². The van der Waals surface area contributed by atoms with Gasteiger partial charge in [-0.3, -0.25) is 4.90 Å². The molecule has 2 heterocycles. The molecule has 2 rings (SSSR count). The smallest absolute Gasteiger partial charge is 0.0701 e. The number of halogens is 1. The zero-order valence-electron chi connectivity index (χ0n) is 12.4. The molecule has 0 saturated carbocycles. The van der Waals surface area contributed by atoms with Crippen LogP contribution in [-0.4, -0.2) is 29.6 Å². The molecule has 1 aliphatic heterocycles. The van der Waals surface area contributed by atoms with Gasteiger partial charge >= 0.3 is 0 Å². The van der Waals surface area contributed by atoms with E-state index in [-0.39, 0.29) is 5.54 Å². The van der Waals surface area contributed by atoms with Gasteiger partial charge in [0.25, 0.3) is 0 Å². The van der Waals surface area contributed by atoms with Crippen molar-refractivity contribution >= 4 is 27.3 Å². The molecule has 0 bridgehead atoms. The monoisotopic (exact) mass is 344 g/mol. The van der Waals surface area contributed by atoms with Gasteiger partial charge in [0, 0.05) is 36.1 Å². The summed E-state index contributed by atoms with van der Waals surface area (Å²) in [4.78, 5) is 4.13. The number of piperazine rings is 1. The molecule has 1 saturated heterocycles. The van der Waals surface area contributed by atoms with Crippen LogP contribution in [0.1, 0.15) is 39.0 Å². The Labute approximate surface area is 129 Å². The summed E-state index contributed by atoms with van der Waals surface area (Å²) in [6, 6.07) is 5.05. The third-order valence-electron chi connectivity index (χ3n) is 4.30. The summed E-state index contributed by atoms with van der Waals surface area (Å²) in [5.74, 6) is 0.692. The van der Waals surface area contributed by atoms with Gasteiger partial charge in [0.05, 0.1) is 3.79 Å². The van der Waals surface area contributed by atoms with E-state index >= 15 is 0 Å². The maximum Gasteiger partial charge on any atom is 0.0701 e. The second kappa shape index (κ2) is 6.25. The molecular weight excluding hydrogens is 320 g/mol. The minimum absolute atomic E-state index is 0.264. The highest BCUT2D eigenvalue weighted by molar-refractivity contribution is 9.11. The van der Waals surface area contributed by atoms with Crippen LogP contribution in [0.4, 0.5) is 0 Å². The molecule has 0 amide bonds. The fraction of sp³-hybridized carbons (Fsp3) is 0.733. The van der Waals surface area contributed by atoms with E-state index in [0.29, 0.717) is 12.0 Å². The summed E-state index contributed by atoms with van der Waals surface area (Å²) < 4.78 is 1.23. The fourth-order valence-corrected chi connectivity index (χ4v) is 4.31. The van der Waals surface area contributed by atoms with Crippen LogP contribution in [-0.2, 0) is 6.54 Å². The average Bonchev–Trinajstić information content (AvgIpc) is 2.74. The molecule has 0 aliphatic carbocycles. The number of hydrogen-bond donors (Lipinski definition) is 1. The molecule has 2 nitrogen and oxygen atoms in total. The summed E-state index contributed by atoms with van der Waals surface area (Å²) in [7, 11) is 0. The Morgan fingerprint density at radius 2 is 2.26 bits per heavy atom. The third kappa shape index (κ3) is 3.81. The lowest BCUT2D eigenvalue weighted by Crippen LogP contribution is -2.63. The normalized spacial score (nSPS) is 29.1. The minimum Gasteiger partial charge on any atom is -0.309 e. The first-order valence-electron chi connectivity index (χ1n) is 7.17. The molecule has 2 unspecified atom stereocenters. The van der Waals surface area contributed by atoms with Crippen LogP contribution in [0, 0.1) is 5.92 Å². The second-order valence-electron chi connectivity index (χ2n) is 6.22. The summed E-state index contributed by atoms with van der Waals surface area (Å²) in [5.41, 5.74) is 0.264. The highest BCUT2D eigenvalue weighted by Crippen LogP contribution is 2.28. The van der Waals surface area contributed by atoms with Crippen LogP contribution in [0.25, 0.3) is 0 Å². The van der Waals surface area contributed by atoms with Crippen molar-refractivity contribution in [1.82, 2.24) is 10.2 Å². The van der Waals surface area contributed by atoms with E-state index in [9.17, 15) is 0 Å². The van der Waals surface area contributed by atoms with Crippen molar-refractivity contribution in [3.05, 3.63) is 20.8 Å². The summed E-state index contributed by atoms with van der Waals surface area (Å²) in [6.45, 7) is 12.6. The van der Waals surface area contributed by atoms with Gasteiger partial charge in [0.15, 0.2) is 0 Å². The van der Waals surface area contributed by atoms with Crippen LogP contribution in [0.15, 0.2) is 15.9 Å². The SMILES string of the molecule is CCC1(C)CN(Cc2ccc(Br)s2)C(C(C)C)CN1. The van der Waals surface area contributed by atoms with Gasteiger partial charge in [-0.15, -0.1) is 11.3 Å². The lowest BCUT2D eigenvalue weighted by atomic mass is 9.90. The van der Waals surface area contributed by atoms with Crippen LogP contribution < -0.4 is 5.32 Å². The Bertz CT molecular complexity index is 418. The number of hydrogen-bond acceptors (Lipinski definition) is 3. The highest BCUT2D eigenvalue weighted by Gasteiger charge is 2.35. The molecule has 108 valence electrons. The molecule has 0 radical (unpaired) electrons. The van der Waals surface area contributed by atoms with E-state index in [2.05, 4.69) is 66.0 Å². The molecule has 2 atom stereocenters. The highest BCUT2D eigenvalue weighted by atomic mass is 79.9. The van der Waals surface area contributed by atoms with Crippen molar-refractivity contribution in [2.75, 3.05) is 13.1 Å². The van der Waals surface area contributed by atoms with E-state index in [0.717, 1.165) is 19.6 Å². The van der Waals surface area contributed by atoms with Crippen LogP contribution in [0.3, 0.4) is 0 Å². The van der Waals surface area contributed by atoms with E-state index in [4.69, 9.17) is 0 Å². The Hall–Kier alpha value is 0.1000. The van der Waals surface area contributed by atoms with E-state index in [1.165, 1.54) is 15.1 Å². The van der Waals surface area contributed by atoms with E-state index in [1.807, 2.05) is 11.3 Å². The Morgan fingerprint density at radius 1 is 1.53 bits per heavy atom. The Morgan fingerprint density at radius 3 is 2.79 bits per heavy atom. The number of thiophene rings is 1. The topological polar surface area (TPSA) is 15.3 Å². The van der Waals surface area contributed by atoms with E-state index in [1.54, 1.807) is 0 Å². The van der Waals surface area contributed by atoms with E-state index < -0.39 is 0 Å². The molecule has 1 aromatic rings. The molecule has 1 aliphatic rings. The summed E-state index contributed by atoms with van der Waals surface area (Å²) in [6.07, 6.45) is 1.18. The molecule has 1 fully saturated rings. The number of nitrogens with one attached hydrogen (secondary N) is 1. The van der Waals surface area contributed by atoms with Crippen LogP contribution in [0.5, 0.6) is 0 Å². The lowest BCUT2D eigenvalue weighted by Gasteiger charge is -2.47. The molecule has 4 heteroatoms. The summed E-state index contributed by atoms with van der Waals surface area (Å²) >= 11 is 5.42. The van der Waals surface area contributed by atoms with Gasteiger partial charge in [0.2, 0.25) is 0 Å². The van der Waals surface area contributed by atoms with Crippen molar-refractivity contribution < 1.29 is 0 Å². The first kappa shape index (κ1) is 15.5. The molecule has 19 heavy (non-hydrogen) atoms. The molecular formula is C15H25BrN2S. The van der Waals surface area contributed by atoms with Crippen molar-refractivity contribution in [2.45, 2.75) is 52.2 Å². The zero-order chi connectivity index (χ0) is 14.0. The van der Waals surface area contributed by atoms with Crippen LogP contribution >= 0.6 is 27.3 Å². The molecule has 1 N–H and O–H groups in total. The minimum atomic E-state index is 0.264. The number of rotatable bonds is 4. The lowest BCUT2D eigenvalue weighted by molar-refractivity contribution is 0.0547. The number of nitrogens with zero attached hydrogens (tertiary/aromatic N) is 1.